The number of carbonyl (C=O) groups excluding carboxylic acids is 2. The maximum Gasteiger partial charge on any atom is 0.267 e. The van der Waals surface area contributed by atoms with Crippen molar-refractivity contribution < 1.29 is 22.8 Å². The predicted octanol–water partition coefficient (Wildman–Crippen LogP) is 5.24. The molecule has 4 rings (SSSR count). The summed E-state index contributed by atoms with van der Waals surface area (Å²) in [5.74, 6) is -3.41. The van der Waals surface area contributed by atoms with Crippen molar-refractivity contribution in [1.29, 1.82) is 5.41 Å². The minimum absolute atomic E-state index is 0.0477. The minimum Gasteiger partial charge on any atom is -0.387 e. The van der Waals surface area contributed by atoms with Crippen LogP contribution in [-0.2, 0) is 4.79 Å². The van der Waals surface area contributed by atoms with Gasteiger partial charge in [0.2, 0.25) is 0 Å². The maximum absolute atomic E-state index is 14.6. The van der Waals surface area contributed by atoms with Crippen molar-refractivity contribution in [2.45, 2.75) is 24.8 Å². The number of amides is 2. The lowest BCUT2D eigenvalue weighted by Gasteiger charge is -2.36. The number of alkyl halides is 1. The van der Waals surface area contributed by atoms with Gasteiger partial charge in [0.15, 0.2) is 0 Å². The number of halogens is 5. The van der Waals surface area contributed by atoms with Crippen molar-refractivity contribution >= 4 is 58.2 Å². The van der Waals surface area contributed by atoms with Crippen molar-refractivity contribution in [2.75, 3.05) is 13.6 Å². The zero-order chi connectivity index (χ0) is 27.0. The fraction of sp³-hybridized carbons (Fsp3) is 0.231. The van der Waals surface area contributed by atoms with Crippen molar-refractivity contribution in [3.8, 4) is 0 Å². The first-order valence-electron chi connectivity index (χ1n) is 11.2. The molecule has 2 heterocycles. The molecule has 1 saturated heterocycles. The fourth-order valence-electron chi connectivity index (χ4n) is 4.42. The van der Waals surface area contributed by atoms with E-state index >= 15 is 0 Å². The molecule has 2 aliphatic rings. The van der Waals surface area contributed by atoms with Crippen LogP contribution >= 0.6 is 23.2 Å². The smallest absolute Gasteiger partial charge is 0.267 e. The van der Waals surface area contributed by atoms with Gasteiger partial charge in [-0.05, 0) is 49.3 Å². The molecule has 2 amide bonds. The van der Waals surface area contributed by atoms with Crippen LogP contribution in [0.15, 0.2) is 47.0 Å². The zero-order valence-electron chi connectivity index (χ0n) is 19.7. The topological polar surface area (TPSA) is 85.6 Å². The third kappa shape index (κ3) is 5.19. The molecule has 0 saturated carbocycles. The lowest BCUT2D eigenvalue weighted by molar-refractivity contribution is -0.116. The molecule has 192 valence electrons. The Morgan fingerprint density at radius 1 is 1.14 bits per heavy atom. The average Bonchev–Trinajstić information content (AvgIpc) is 2.84. The van der Waals surface area contributed by atoms with E-state index in [2.05, 4.69) is 10.3 Å². The number of dihydropyridines is 1. The summed E-state index contributed by atoms with van der Waals surface area (Å²) in [5, 5.41) is 10.5. The van der Waals surface area contributed by atoms with E-state index in [0.717, 1.165) is 30.3 Å². The summed E-state index contributed by atoms with van der Waals surface area (Å²) in [6.45, 7) is 1.78. The number of likely N-dealkylation sites (tertiary alicyclic amines) is 1. The molecular weight excluding hydrogens is 528 g/mol. The molecule has 2 atom stereocenters. The quantitative estimate of drug-likeness (QED) is 0.512. The standard InChI is InChI=1S/C26H21Cl2F3N4O2/c1-12-23(32)18(24(33-2)13-5-15(29)8-16(30)6-13)3-4-35(12)26(37)20-10-17(31)9-19(22(20)28)14-7-21(27)25(36)34-11-14/h5-12,21,32-33H,3-4H2,1-2H3/b24-18-,32-23?. The Kier molecular flexibility index (Phi) is 7.57. The Morgan fingerprint density at radius 3 is 2.41 bits per heavy atom. The van der Waals surface area contributed by atoms with Crippen molar-refractivity contribution in [2.24, 2.45) is 4.99 Å². The molecule has 6 nitrogen and oxygen atoms in total. The van der Waals surface area contributed by atoms with E-state index in [1.54, 1.807) is 14.0 Å². The summed E-state index contributed by atoms with van der Waals surface area (Å²) in [4.78, 5) is 30.1. The Morgan fingerprint density at radius 2 is 1.78 bits per heavy atom. The Bertz CT molecular complexity index is 1400. The molecule has 2 unspecified atom stereocenters. The van der Waals surface area contributed by atoms with Gasteiger partial charge in [0, 0.05) is 48.3 Å². The molecule has 0 aromatic heterocycles. The molecular formula is C26H21Cl2F3N4O2. The molecule has 0 spiro atoms. The van der Waals surface area contributed by atoms with Gasteiger partial charge in [-0.3, -0.25) is 9.59 Å². The number of carbonyl (C=O) groups is 2. The first kappa shape index (κ1) is 26.6. The monoisotopic (exact) mass is 548 g/mol. The number of rotatable bonds is 4. The van der Waals surface area contributed by atoms with E-state index in [9.17, 15) is 22.8 Å². The zero-order valence-corrected chi connectivity index (χ0v) is 21.2. The lowest BCUT2D eigenvalue weighted by atomic mass is 9.90. The molecule has 2 aromatic carbocycles. The van der Waals surface area contributed by atoms with Gasteiger partial charge in [0.25, 0.3) is 11.8 Å². The fourth-order valence-corrected chi connectivity index (χ4v) is 4.91. The van der Waals surface area contributed by atoms with Gasteiger partial charge < -0.3 is 15.6 Å². The van der Waals surface area contributed by atoms with Crippen LogP contribution in [0, 0.1) is 22.9 Å². The SMILES string of the molecule is CN/C(=C1/CCN(C(=O)c2cc(F)cc(C3=CC(Cl)C(=O)N=C3)c2Cl)C(C)C1=N)c1cc(F)cc(F)c1. The van der Waals surface area contributed by atoms with Gasteiger partial charge in [-0.25, -0.2) is 18.2 Å². The van der Waals surface area contributed by atoms with Gasteiger partial charge in [-0.1, -0.05) is 11.6 Å². The highest BCUT2D eigenvalue weighted by Crippen LogP contribution is 2.33. The van der Waals surface area contributed by atoms with Crippen LogP contribution in [0.25, 0.3) is 11.3 Å². The lowest BCUT2D eigenvalue weighted by Crippen LogP contribution is -2.48. The molecule has 2 N–H and O–H groups in total. The first-order valence-corrected chi connectivity index (χ1v) is 12.0. The number of allylic oxidation sites excluding steroid dienone is 1. The minimum atomic E-state index is -1.04. The van der Waals surface area contributed by atoms with Crippen LogP contribution in [0.1, 0.15) is 34.8 Å². The second-order valence-electron chi connectivity index (χ2n) is 8.53. The van der Waals surface area contributed by atoms with E-state index < -0.39 is 40.7 Å². The van der Waals surface area contributed by atoms with E-state index in [4.69, 9.17) is 28.6 Å². The summed E-state index contributed by atoms with van der Waals surface area (Å²) in [7, 11) is 1.58. The van der Waals surface area contributed by atoms with E-state index in [1.807, 2.05) is 0 Å². The number of nitrogens with zero attached hydrogens (tertiary/aromatic N) is 2. The molecule has 2 aromatic rings. The molecule has 2 aliphatic heterocycles. The largest absolute Gasteiger partial charge is 0.387 e. The average molecular weight is 549 g/mol. The van der Waals surface area contributed by atoms with Crippen LogP contribution in [0.5, 0.6) is 0 Å². The normalized spacial score (nSPS) is 21.2. The van der Waals surface area contributed by atoms with Crippen LogP contribution in [-0.4, -0.2) is 53.7 Å². The summed E-state index contributed by atoms with van der Waals surface area (Å²) < 4.78 is 42.2. The van der Waals surface area contributed by atoms with Gasteiger partial charge >= 0.3 is 0 Å². The van der Waals surface area contributed by atoms with Gasteiger partial charge in [-0.15, -0.1) is 11.6 Å². The third-order valence-electron chi connectivity index (χ3n) is 6.25. The third-order valence-corrected chi connectivity index (χ3v) is 6.97. The van der Waals surface area contributed by atoms with E-state index in [1.165, 1.54) is 17.2 Å². The van der Waals surface area contributed by atoms with Crippen molar-refractivity contribution in [3.63, 3.8) is 0 Å². The van der Waals surface area contributed by atoms with Crippen molar-refractivity contribution in [3.05, 3.63) is 81.1 Å². The summed E-state index contributed by atoms with van der Waals surface area (Å²) in [6, 6.07) is 4.46. The second-order valence-corrected chi connectivity index (χ2v) is 9.38. The summed E-state index contributed by atoms with van der Waals surface area (Å²) >= 11 is 12.5. The van der Waals surface area contributed by atoms with E-state index in [0.29, 0.717) is 16.8 Å². The van der Waals surface area contributed by atoms with Crippen molar-refractivity contribution in [1.82, 2.24) is 10.2 Å². The summed E-state index contributed by atoms with van der Waals surface area (Å²) in [5.41, 5.74) is 1.50. The molecule has 1 fully saturated rings. The van der Waals surface area contributed by atoms with Gasteiger partial charge in [0.05, 0.1) is 22.3 Å². The number of hydrogen-bond acceptors (Lipinski definition) is 4. The molecule has 0 radical (unpaired) electrons. The van der Waals surface area contributed by atoms with Crippen LogP contribution in [0.4, 0.5) is 13.2 Å². The number of hydrogen-bond donors (Lipinski definition) is 2. The highest BCUT2D eigenvalue weighted by Gasteiger charge is 2.34. The molecule has 0 bridgehead atoms. The Hall–Kier alpha value is -3.43. The first-order chi connectivity index (χ1) is 17.5. The second kappa shape index (κ2) is 10.5. The van der Waals surface area contributed by atoms with Crippen LogP contribution in [0.3, 0.4) is 0 Å². The predicted molar refractivity (Wildman–Crippen MR) is 138 cm³/mol. The van der Waals surface area contributed by atoms with Crippen LogP contribution in [0.2, 0.25) is 5.02 Å². The Balaban J connectivity index is 1.67. The number of nitrogens with one attached hydrogen (secondary N) is 2. The van der Waals surface area contributed by atoms with Crippen LogP contribution < -0.4 is 5.32 Å². The van der Waals surface area contributed by atoms with Gasteiger partial charge in [-0.2, -0.15) is 0 Å². The molecule has 37 heavy (non-hydrogen) atoms. The highest BCUT2D eigenvalue weighted by atomic mass is 35.5. The number of benzene rings is 2. The van der Waals surface area contributed by atoms with E-state index in [-0.39, 0.29) is 40.4 Å². The highest BCUT2D eigenvalue weighted by molar-refractivity contribution is 6.39. The number of piperidine rings is 1. The Labute approximate surface area is 221 Å². The molecule has 11 heteroatoms. The molecule has 0 aliphatic carbocycles. The maximum atomic E-state index is 14.6. The van der Waals surface area contributed by atoms with Gasteiger partial charge in [0.1, 0.15) is 22.8 Å². The number of aliphatic imine (C=N–C) groups is 1. The summed E-state index contributed by atoms with van der Waals surface area (Å²) in [6.07, 6.45) is 2.79.